The SMILES string of the molecule is Cc1nnc(NC(=O)CN2C(=O)[C@@H]3[C@H]4C=C[C@@H]([C@@H]5C[C@@H]45)[C@H]3C2=O)s1. The van der Waals surface area contributed by atoms with Crippen molar-refractivity contribution in [2.75, 3.05) is 11.9 Å². The van der Waals surface area contributed by atoms with E-state index in [1.807, 2.05) is 0 Å². The van der Waals surface area contributed by atoms with Gasteiger partial charge in [-0.25, -0.2) is 0 Å². The smallest absolute Gasteiger partial charge is 0.246 e. The van der Waals surface area contributed by atoms with E-state index in [0.29, 0.717) is 17.0 Å². The molecule has 6 atom stereocenters. The van der Waals surface area contributed by atoms with Gasteiger partial charge in [0.15, 0.2) is 0 Å². The van der Waals surface area contributed by atoms with Gasteiger partial charge in [0.05, 0.1) is 11.8 Å². The second-order valence-corrected chi connectivity index (χ2v) is 8.27. The average molecular weight is 344 g/mol. The van der Waals surface area contributed by atoms with Crippen LogP contribution in [0.4, 0.5) is 5.13 Å². The van der Waals surface area contributed by atoms with Gasteiger partial charge in [-0.15, -0.1) is 10.2 Å². The van der Waals surface area contributed by atoms with Gasteiger partial charge in [0.2, 0.25) is 22.9 Å². The molecule has 0 aromatic carbocycles. The number of carbonyl (C=O) groups is 3. The van der Waals surface area contributed by atoms with Gasteiger partial charge in [-0.2, -0.15) is 0 Å². The number of nitrogens with zero attached hydrogens (tertiary/aromatic N) is 3. The van der Waals surface area contributed by atoms with Gasteiger partial charge in [0.25, 0.3) is 0 Å². The van der Waals surface area contributed by atoms with Gasteiger partial charge in [-0.1, -0.05) is 23.5 Å². The Hall–Kier alpha value is -2.09. The molecule has 2 bridgehead atoms. The minimum Gasteiger partial charge on any atom is -0.299 e. The second kappa shape index (κ2) is 4.72. The van der Waals surface area contributed by atoms with Crippen LogP contribution in [0.3, 0.4) is 0 Å². The highest BCUT2D eigenvalue weighted by molar-refractivity contribution is 7.15. The first-order valence-corrected chi connectivity index (χ1v) is 9.00. The number of aryl methyl sites for hydroxylation is 1. The summed E-state index contributed by atoms with van der Waals surface area (Å²) in [6.07, 6.45) is 5.38. The number of allylic oxidation sites excluding steroid dienone is 2. The van der Waals surface area contributed by atoms with Crippen molar-refractivity contribution < 1.29 is 14.4 Å². The molecule has 2 heterocycles. The monoisotopic (exact) mass is 344 g/mol. The molecule has 124 valence electrons. The molecule has 7 nitrogen and oxygen atoms in total. The summed E-state index contributed by atoms with van der Waals surface area (Å²) in [7, 11) is 0. The Balaban J connectivity index is 1.34. The van der Waals surface area contributed by atoms with E-state index in [-0.39, 0.29) is 42.0 Å². The van der Waals surface area contributed by atoms with Crippen molar-refractivity contribution in [1.29, 1.82) is 0 Å². The van der Waals surface area contributed by atoms with Crippen LogP contribution in [0.25, 0.3) is 0 Å². The summed E-state index contributed by atoms with van der Waals surface area (Å²) in [4.78, 5) is 38.9. The summed E-state index contributed by atoms with van der Waals surface area (Å²) in [5, 5.41) is 11.4. The van der Waals surface area contributed by atoms with Gasteiger partial charge in [0, 0.05) is 0 Å². The Morgan fingerprint density at radius 2 is 1.83 bits per heavy atom. The number of likely N-dealkylation sites (tertiary alicyclic amines) is 1. The first kappa shape index (κ1) is 14.3. The number of nitrogens with one attached hydrogen (secondary N) is 1. The summed E-state index contributed by atoms with van der Waals surface area (Å²) in [6, 6.07) is 0. The number of carbonyl (C=O) groups excluding carboxylic acids is 3. The number of amides is 3. The van der Waals surface area contributed by atoms with Crippen LogP contribution in [0, 0.1) is 42.4 Å². The van der Waals surface area contributed by atoms with Crippen molar-refractivity contribution in [1.82, 2.24) is 15.1 Å². The number of hydrogen-bond donors (Lipinski definition) is 1. The van der Waals surface area contributed by atoms with E-state index < -0.39 is 5.91 Å². The lowest BCUT2D eigenvalue weighted by molar-refractivity contribution is -0.142. The third kappa shape index (κ3) is 1.86. The van der Waals surface area contributed by atoms with Crippen LogP contribution >= 0.6 is 11.3 Å². The molecule has 1 aromatic rings. The summed E-state index contributed by atoms with van der Waals surface area (Å²) in [6.45, 7) is 1.55. The molecule has 8 heteroatoms. The van der Waals surface area contributed by atoms with Crippen LogP contribution in [0.15, 0.2) is 12.2 Å². The number of imide groups is 1. The van der Waals surface area contributed by atoms with Gasteiger partial charge < -0.3 is 0 Å². The molecule has 0 unspecified atom stereocenters. The summed E-state index contributed by atoms with van der Waals surface area (Å²) in [5.74, 6) is 0.210. The quantitative estimate of drug-likeness (QED) is 0.648. The molecule has 1 N–H and O–H groups in total. The zero-order valence-electron chi connectivity index (χ0n) is 13.0. The molecule has 6 rings (SSSR count). The van der Waals surface area contributed by atoms with Crippen LogP contribution in [0.5, 0.6) is 0 Å². The highest BCUT2D eigenvalue weighted by Crippen LogP contribution is 2.65. The van der Waals surface area contributed by atoms with E-state index in [1.54, 1.807) is 6.92 Å². The van der Waals surface area contributed by atoms with E-state index >= 15 is 0 Å². The standard InChI is InChI=1S/C16H16N4O3S/c1-6-18-19-16(24-6)17-11(21)5-20-14(22)12-7-2-3-8(10-4-9(7)10)13(12)15(20)23/h2-3,7-10,12-13H,4-5H2,1H3,(H,17,19,21)/t7-,8-,9-,10-,12+,13+/m0/s1. The number of aromatic nitrogens is 2. The molecule has 2 saturated carbocycles. The Kier molecular flexibility index (Phi) is 2.81. The molecule has 3 amide bonds. The molecular weight excluding hydrogens is 328 g/mol. The highest BCUT2D eigenvalue weighted by Gasteiger charge is 2.67. The Morgan fingerprint density at radius 1 is 1.21 bits per heavy atom. The average Bonchev–Trinajstić information content (AvgIpc) is 3.24. The minimum atomic E-state index is -0.406. The van der Waals surface area contributed by atoms with Crippen molar-refractivity contribution in [2.24, 2.45) is 35.5 Å². The van der Waals surface area contributed by atoms with Crippen LogP contribution < -0.4 is 5.32 Å². The van der Waals surface area contributed by atoms with Crippen LogP contribution in [0.1, 0.15) is 11.4 Å². The van der Waals surface area contributed by atoms with E-state index in [0.717, 1.165) is 16.3 Å². The van der Waals surface area contributed by atoms with Gasteiger partial charge in [0.1, 0.15) is 11.6 Å². The predicted octanol–water partition coefficient (Wildman–Crippen LogP) is 0.838. The Labute approximate surface area is 142 Å². The summed E-state index contributed by atoms with van der Waals surface area (Å²) < 4.78 is 0. The number of rotatable bonds is 3. The lowest BCUT2D eigenvalue weighted by atomic mass is 9.63. The molecular formula is C16H16N4O3S. The van der Waals surface area contributed by atoms with Crippen LogP contribution in [-0.2, 0) is 14.4 Å². The minimum absolute atomic E-state index is 0.181. The van der Waals surface area contributed by atoms with Crippen molar-refractivity contribution in [3.05, 3.63) is 17.2 Å². The molecule has 5 aliphatic rings. The van der Waals surface area contributed by atoms with Crippen molar-refractivity contribution in [2.45, 2.75) is 13.3 Å². The zero-order chi connectivity index (χ0) is 16.6. The predicted molar refractivity (Wildman–Crippen MR) is 84.7 cm³/mol. The van der Waals surface area contributed by atoms with E-state index in [2.05, 4.69) is 27.7 Å². The molecule has 0 spiro atoms. The molecule has 24 heavy (non-hydrogen) atoms. The van der Waals surface area contributed by atoms with Crippen molar-refractivity contribution >= 4 is 34.2 Å². The number of hydrogen-bond acceptors (Lipinski definition) is 6. The van der Waals surface area contributed by atoms with Gasteiger partial charge >= 0.3 is 0 Å². The van der Waals surface area contributed by atoms with Crippen molar-refractivity contribution in [3.8, 4) is 0 Å². The molecule has 4 aliphatic carbocycles. The van der Waals surface area contributed by atoms with Crippen molar-refractivity contribution in [3.63, 3.8) is 0 Å². The first-order valence-electron chi connectivity index (χ1n) is 8.18. The maximum absolute atomic E-state index is 12.8. The number of anilines is 1. The van der Waals surface area contributed by atoms with E-state index in [1.165, 1.54) is 11.3 Å². The topological polar surface area (TPSA) is 92.3 Å². The second-order valence-electron chi connectivity index (χ2n) is 7.09. The lowest BCUT2D eigenvalue weighted by Crippen LogP contribution is -2.40. The highest BCUT2D eigenvalue weighted by atomic mass is 32.1. The Morgan fingerprint density at radius 3 is 2.38 bits per heavy atom. The molecule has 1 aliphatic heterocycles. The lowest BCUT2D eigenvalue weighted by Gasteiger charge is -2.37. The fourth-order valence-electron chi connectivity index (χ4n) is 4.82. The third-order valence-corrected chi connectivity index (χ3v) is 6.58. The van der Waals surface area contributed by atoms with E-state index in [4.69, 9.17) is 0 Å². The summed E-state index contributed by atoms with van der Waals surface area (Å²) in [5.41, 5.74) is 0. The van der Waals surface area contributed by atoms with Crippen LogP contribution in [0.2, 0.25) is 0 Å². The van der Waals surface area contributed by atoms with Crippen LogP contribution in [-0.4, -0.2) is 39.4 Å². The zero-order valence-corrected chi connectivity index (χ0v) is 13.8. The normalized spacial score (nSPS) is 38.3. The first-order chi connectivity index (χ1) is 11.5. The molecule has 1 aromatic heterocycles. The molecule has 1 saturated heterocycles. The fourth-order valence-corrected chi connectivity index (χ4v) is 5.43. The maximum Gasteiger partial charge on any atom is 0.246 e. The van der Waals surface area contributed by atoms with Gasteiger partial charge in [-0.3, -0.25) is 24.6 Å². The largest absolute Gasteiger partial charge is 0.299 e. The van der Waals surface area contributed by atoms with Gasteiger partial charge in [-0.05, 0) is 37.0 Å². The Bertz CT molecular complexity index is 767. The molecule has 0 radical (unpaired) electrons. The fraction of sp³-hybridized carbons (Fsp3) is 0.562. The van der Waals surface area contributed by atoms with E-state index in [9.17, 15) is 14.4 Å². The third-order valence-electron chi connectivity index (χ3n) is 5.83. The summed E-state index contributed by atoms with van der Waals surface area (Å²) >= 11 is 1.26. The molecule has 3 fully saturated rings. The maximum atomic E-state index is 12.8.